The van der Waals surface area contributed by atoms with Crippen LogP contribution in [0.25, 0.3) is 0 Å². The zero-order chi connectivity index (χ0) is 16.4. The van der Waals surface area contributed by atoms with Crippen molar-refractivity contribution in [1.29, 1.82) is 0 Å². The SMILES string of the molecule is Cc1ccc(C(=O)N2CCN(C(=O)c3nnc(C)o3)CC2)cc1. The first kappa shape index (κ1) is 15.2. The molecule has 1 aromatic heterocycles. The number of rotatable bonds is 2. The summed E-state index contributed by atoms with van der Waals surface area (Å²) < 4.78 is 5.16. The molecule has 0 N–H and O–H groups in total. The molecule has 1 aliphatic rings. The van der Waals surface area contributed by atoms with E-state index in [9.17, 15) is 9.59 Å². The third-order valence-corrected chi connectivity index (χ3v) is 3.86. The van der Waals surface area contributed by atoms with E-state index in [0.717, 1.165) is 5.56 Å². The van der Waals surface area contributed by atoms with Gasteiger partial charge < -0.3 is 14.2 Å². The predicted octanol–water partition coefficient (Wildman–Crippen LogP) is 1.28. The summed E-state index contributed by atoms with van der Waals surface area (Å²) in [6.45, 7) is 5.52. The number of aryl methyl sites for hydroxylation is 2. The second-order valence-electron chi connectivity index (χ2n) is 5.58. The van der Waals surface area contributed by atoms with Crippen LogP contribution in [0.5, 0.6) is 0 Å². The third kappa shape index (κ3) is 3.23. The van der Waals surface area contributed by atoms with Crippen molar-refractivity contribution in [2.75, 3.05) is 26.2 Å². The third-order valence-electron chi connectivity index (χ3n) is 3.86. The van der Waals surface area contributed by atoms with E-state index in [2.05, 4.69) is 10.2 Å². The summed E-state index contributed by atoms with van der Waals surface area (Å²) >= 11 is 0. The zero-order valence-electron chi connectivity index (χ0n) is 13.2. The van der Waals surface area contributed by atoms with Crippen LogP contribution < -0.4 is 0 Å². The van der Waals surface area contributed by atoms with E-state index < -0.39 is 0 Å². The molecule has 1 saturated heterocycles. The van der Waals surface area contributed by atoms with E-state index in [0.29, 0.717) is 37.6 Å². The molecule has 0 radical (unpaired) electrons. The maximum absolute atomic E-state index is 12.4. The minimum atomic E-state index is -0.284. The lowest BCUT2D eigenvalue weighted by atomic mass is 10.1. The van der Waals surface area contributed by atoms with Gasteiger partial charge in [0.05, 0.1) is 0 Å². The summed E-state index contributed by atoms with van der Waals surface area (Å²) in [5.41, 5.74) is 1.79. The fourth-order valence-electron chi connectivity index (χ4n) is 2.51. The molecule has 3 rings (SSSR count). The van der Waals surface area contributed by atoms with Crippen LogP contribution in [-0.4, -0.2) is 58.0 Å². The summed E-state index contributed by atoms with van der Waals surface area (Å²) in [5, 5.41) is 7.41. The van der Waals surface area contributed by atoms with Crippen LogP contribution in [0.1, 0.15) is 32.5 Å². The average molecular weight is 314 g/mol. The number of nitrogens with zero attached hydrogens (tertiary/aromatic N) is 4. The van der Waals surface area contributed by atoms with Crippen LogP contribution in [0.15, 0.2) is 28.7 Å². The number of hydrogen-bond acceptors (Lipinski definition) is 5. The van der Waals surface area contributed by atoms with Crippen LogP contribution in [0.3, 0.4) is 0 Å². The normalized spacial score (nSPS) is 14.9. The molecule has 0 spiro atoms. The number of benzene rings is 1. The molecular weight excluding hydrogens is 296 g/mol. The Hall–Kier alpha value is -2.70. The summed E-state index contributed by atoms with van der Waals surface area (Å²) in [6, 6.07) is 7.50. The Morgan fingerprint density at radius 2 is 1.48 bits per heavy atom. The van der Waals surface area contributed by atoms with E-state index in [1.807, 2.05) is 31.2 Å². The van der Waals surface area contributed by atoms with Gasteiger partial charge in [-0.15, -0.1) is 10.2 Å². The number of carbonyl (C=O) groups is 2. The lowest BCUT2D eigenvalue weighted by Gasteiger charge is -2.34. The standard InChI is InChI=1S/C16H18N4O3/c1-11-3-5-13(6-4-11)15(21)19-7-9-20(10-8-19)16(22)14-18-17-12(2)23-14/h3-6H,7-10H2,1-2H3. The highest BCUT2D eigenvalue weighted by molar-refractivity contribution is 5.94. The van der Waals surface area contributed by atoms with Gasteiger partial charge in [-0.25, -0.2) is 0 Å². The lowest BCUT2D eigenvalue weighted by molar-refractivity contribution is 0.0512. The van der Waals surface area contributed by atoms with Gasteiger partial charge in [0, 0.05) is 38.7 Å². The van der Waals surface area contributed by atoms with Crippen molar-refractivity contribution in [3.8, 4) is 0 Å². The largest absolute Gasteiger partial charge is 0.417 e. The van der Waals surface area contributed by atoms with Crippen molar-refractivity contribution in [2.45, 2.75) is 13.8 Å². The van der Waals surface area contributed by atoms with Crippen LogP contribution in [0.4, 0.5) is 0 Å². The first-order chi connectivity index (χ1) is 11.0. The number of amides is 2. The van der Waals surface area contributed by atoms with Crippen molar-refractivity contribution < 1.29 is 14.0 Å². The first-order valence-corrected chi connectivity index (χ1v) is 7.50. The van der Waals surface area contributed by atoms with E-state index in [1.165, 1.54) is 0 Å². The molecule has 2 heterocycles. The Morgan fingerprint density at radius 3 is 2.00 bits per heavy atom. The van der Waals surface area contributed by atoms with Crippen molar-refractivity contribution >= 4 is 11.8 Å². The molecule has 2 aromatic rings. The van der Waals surface area contributed by atoms with Crippen LogP contribution >= 0.6 is 0 Å². The van der Waals surface area contributed by atoms with Gasteiger partial charge in [0.15, 0.2) is 0 Å². The topological polar surface area (TPSA) is 79.5 Å². The van der Waals surface area contributed by atoms with Crippen LogP contribution in [-0.2, 0) is 0 Å². The fourth-order valence-corrected chi connectivity index (χ4v) is 2.51. The smallest absolute Gasteiger partial charge is 0.311 e. The fraction of sp³-hybridized carbons (Fsp3) is 0.375. The van der Waals surface area contributed by atoms with E-state index in [4.69, 9.17) is 4.42 Å². The van der Waals surface area contributed by atoms with E-state index in [-0.39, 0.29) is 17.7 Å². The zero-order valence-corrected chi connectivity index (χ0v) is 13.2. The lowest BCUT2D eigenvalue weighted by Crippen LogP contribution is -2.50. The van der Waals surface area contributed by atoms with Gasteiger partial charge in [0.1, 0.15) is 0 Å². The molecule has 7 nitrogen and oxygen atoms in total. The number of carbonyl (C=O) groups excluding carboxylic acids is 2. The summed E-state index contributed by atoms with van der Waals surface area (Å²) in [5.74, 6) is 0.0705. The first-order valence-electron chi connectivity index (χ1n) is 7.50. The molecule has 120 valence electrons. The van der Waals surface area contributed by atoms with Gasteiger partial charge in [-0.05, 0) is 19.1 Å². The predicted molar refractivity (Wildman–Crippen MR) is 82.0 cm³/mol. The number of aromatic nitrogens is 2. The molecule has 0 saturated carbocycles. The van der Waals surface area contributed by atoms with Gasteiger partial charge in [-0.2, -0.15) is 0 Å². The Morgan fingerprint density at radius 1 is 0.913 bits per heavy atom. The molecule has 1 aromatic carbocycles. The van der Waals surface area contributed by atoms with Crippen LogP contribution in [0.2, 0.25) is 0 Å². The molecule has 23 heavy (non-hydrogen) atoms. The Labute approximate surface area is 133 Å². The Balaban J connectivity index is 1.61. The number of hydrogen-bond donors (Lipinski definition) is 0. The second-order valence-corrected chi connectivity index (χ2v) is 5.58. The molecule has 0 bridgehead atoms. The summed E-state index contributed by atoms with van der Waals surface area (Å²) in [6.07, 6.45) is 0. The second kappa shape index (κ2) is 6.20. The van der Waals surface area contributed by atoms with E-state index in [1.54, 1.807) is 16.7 Å². The van der Waals surface area contributed by atoms with Crippen LogP contribution in [0, 0.1) is 13.8 Å². The van der Waals surface area contributed by atoms with Gasteiger partial charge in [-0.3, -0.25) is 9.59 Å². The van der Waals surface area contributed by atoms with Gasteiger partial charge in [0.2, 0.25) is 5.89 Å². The van der Waals surface area contributed by atoms with Gasteiger partial charge >= 0.3 is 11.8 Å². The molecule has 0 unspecified atom stereocenters. The maximum atomic E-state index is 12.4. The average Bonchev–Trinajstić information content (AvgIpc) is 3.01. The van der Waals surface area contributed by atoms with Crippen molar-refractivity contribution in [2.24, 2.45) is 0 Å². The number of piperazine rings is 1. The summed E-state index contributed by atoms with van der Waals surface area (Å²) in [4.78, 5) is 28.1. The molecule has 1 aliphatic heterocycles. The molecule has 2 amide bonds. The molecule has 1 fully saturated rings. The monoisotopic (exact) mass is 314 g/mol. The highest BCUT2D eigenvalue weighted by atomic mass is 16.4. The minimum Gasteiger partial charge on any atom is -0.417 e. The van der Waals surface area contributed by atoms with Gasteiger partial charge in [0.25, 0.3) is 5.91 Å². The van der Waals surface area contributed by atoms with Gasteiger partial charge in [-0.1, -0.05) is 17.7 Å². The van der Waals surface area contributed by atoms with Crippen molar-refractivity contribution in [3.63, 3.8) is 0 Å². The van der Waals surface area contributed by atoms with Crippen molar-refractivity contribution in [1.82, 2.24) is 20.0 Å². The molecular formula is C16H18N4O3. The highest BCUT2D eigenvalue weighted by Gasteiger charge is 2.27. The quantitative estimate of drug-likeness (QED) is 0.834. The Bertz CT molecular complexity index is 715. The van der Waals surface area contributed by atoms with Crippen molar-refractivity contribution in [3.05, 3.63) is 47.2 Å². The molecule has 7 heteroatoms. The maximum Gasteiger partial charge on any atom is 0.311 e. The minimum absolute atomic E-state index is 0.000751. The molecule has 0 aliphatic carbocycles. The van der Waals surface area contributed by atoms with E-state index >= 15 is 0 Å². The molecule has 0 atom stereocenters. The Kier molecular flexibility index (Phi) is 4.10. The highest BCUT2D eigenvalue weighted by Crippen LogP contribution is 2.12. The summed E-state index contributed by atoms with van der Waals surface area (Å²) in [7, 11) is 0.